The van der Waals surface area contributed by atoms with E-state index in [0.29, 0.717) is 6.54 Å². The average molecular weight is 252 g/mol. The first-order valence-electron chi connectivity index (χ1n) is 6.28. The van der Waals surface area contributed by atoms with Crippen molar-refractivity contribution >= 4 is 10.8 Å². The minimum Gasteiger partial charge on any atom is -0.325 e. The van der Waals surface area contributed by atoms with Gasteiger partial charge in [0.2, 0.25) is 0 Å². The van der Waals surface area contributed by atoms with Crippen molar-refractivity contribution in [2.45, 2.75) is 13.5 Å². The highest BCUT2D eigenvalue weighted by Gasteiger charge is 2.13. The molecule has 0 spiro atoms. The third kappa shape index (κ3) is 1.90. The summed E-state index contributed by atoms with van der Waals surface area (Å²) in [7, 11) is 1.92. The van der Waals surface area contributed by atoms with Crippen LogP contribution >= 0.6 is 0 Å². The molecule has 0 saturated heterocycles. The Labute approximate surface area is 111 Å². The van der Waals surface area contributed by atoms with Gasteiger partial charge in [0.25, 0.3) is 0 Å². The smallest absolute Gasteiger partial charge is 0.0621 e. The second-order valence-corrected chi connectivity index (χ2v) is 4.67. The minimum atomic E-state index is 0.453. The molecule has 19 heavy (non-hydrogen) atoms. The highest BCUT2D eigenvalue weighted by molar-refractivity contribution is 5.98. The summed E-state index contributed by atoms with van der Waals surface area (Å²) in [4.78, 5) is 4.64. The average Bonchev–Trinajstić information content (AvgIpc) is 2.84. The topological polar surface area (TPSA) is 56.7 Å². The first-order chi connectivity index (χ1) is 9.20. The van der Waals surface area contributed by atoms with E-state index in [9.17, 15) is 0 Å². The van der Waals surface area contributed by atoms with Gasteiger partial charge in [-0.1, -0.05) is 24.3 Å². The Morgan fingerprint density at radius 3 is 2.58 bits per heavy atom. The van der Waals surface area contributed by atoms with Crippen LogP contribution in [0.5, 0.6) is 0 Å². The van der Waals surface area contributed by atoms with Crippen LogP contribution in [0, 0.1) is 6.92 Å². The molecule has 0 radical (unpaired) electrons. The molecule has 4 heteroatoms. The molecule has 2 N–H and O–H groups in total. The van der Waals surface area contributed by atoms with Crippen molar-refractivity contribution in [3.05, 3.63) is 48.0 Å². The van der Waals surface area contributed by atoms with Gasteiger partial charge in [0.05, 0.1) is 11.9 Å². The van der Waals surface area contributed by atoms with Crippen LogP contribution in [-0.4, -0.2) is 14.8 Å². The number of hydrogen-bond donors (Lipinski definition) is 1. The fraction of sp³-hybridized carbons (Fsp3) is 0.200. The van der Waals surface area contributed by atoms with E-state index in [2.05, 4.69) is 22.2 Å². The lowest BCUT2D eigenvalue weighted by Gasteiger charge is -2.11. The second-order valence-electron chi connectivity index (χ2n) is 4.67. The van der Waals surface area contributed by atoms with Crippen LogP contribution in [0.3, 0.4) is 0 Å². The summed E-state index contributed by atoms with van der Waals surface area (Å²) in [5.41, 5.74) is 9.97. The molecule has 0 atom stereocenters. The van der Waals surface area contributed by atoms with Gasteiger partial charge in [0, 0.05) is 42.0 Å². The molecule has 0 aliphatic rings. The van der Waals surface area contributed by atoms with E-state index in [1.54, 1.807) is 4.68 Å². The first-order valence-corrected chi connectivity index (χ1v) is 6.28. The molecule has 0 aliphatic heterocycles. The SMILES string of the molecule is Cc1nc(CN)c2ccccc2c1-c1cnn(C)c1. The summed E-state index contributed by atoms with van der Waals surface area (Å²) in [6.45, 7) is 2.47. The number of rotatable bonds is 2. The molecule has 4 nitrogen and oxygen atoms in total. The third-order valence-corrected chi connectivity index (χ3v) is 3.36. The largest absolute Gasteiger partial charge is 0.325 e. The molecular formula is C15H16N4. The molecule has 96 valence electrons. The number of fused-ring (bicyclic) bond motifs is 1. The molecule has 0 bridgehead atoms. The lowest BCUT2D eigenvalue weighted by atomic mass is 9.98. The van der Waals surface area contributed by atoms with Crippen LogP contribution in [0.2, 0.25) is 0 Å². The highest BCUT2D eigenvalue weighted by atomic mass is 15.2. The van der Waals surface area contributed by atoms with Crippen LogP contribution in [0.25, 0.3) is 21.9 Å². The lowest BCUT2D eigenvalue weighted by Crippen LogP contribution is -2.03. The van der Waals surface area contributed by atoms with Gasteiger partial charge >= 0.3 is 0 Å². The molecule has 3 aromatic rings. The van der Waals surface area contributed by atoms with Crippen molar-refractivity contribution in [1.82, 2.24) is 14.8 Å². The number of nitrogens with two attached hydrogens (primary N) is 1. The summed E-state index contributed by atoms with van der Waals surface area (Å²) >= 11 is 0. The van der Waals surface area contributed by atoms with E-state index in [-0.39, 0.29) is 0 Å². The summed E-state index contributed by atoms with van der Waals surface area (Å²) in [5.74, 6) is 0. The van der Waals surface area contributed by atoms with Gasteiger partial charge in [-0.05, 0) is 12.3 Å². The van der Waals surface area contributed by atoms with Crippen molar-refractivity contribution in [2.24, 2.45) is 12.8 Å². The zero-order valence-electron chi connectivity index (χ0n) is 11.1. The van der Waals surface area contributed by atoms with Crippen molar-refractivity contribution in [3.63, 3.8) is 0 Å². The first kappa shape index (κ1) is 11.9. The van der Waals surface area contributed by atoms with Crippen molar-refractivity contribution in [2.75, 3.05) is 0 Å². The Bertz CT molecular complexity index is 743. The fourth-order valence-corrected chi connectivity index (χ4v) is 2.54. The maximum absolute atomic E-state index is 5.80. The predicted octanol–water partition coefficient (Wildman–Crippen LogP) is 2.40. The maximum atomic E-state index is 5.80. The van der Waals surface area contributed by atoms with E-state index >= 15 is 0 Å². The summed E-state index contributed by atoms with van der Waals surface area (Å²) < 4.78 is 1.81. The lowest BCUT2D eigenvalue weighted by molar-refractivity contribution is 0.768. The quantitative estimate of drug-likeness (QED) is 0.762. The number of hydrogen-bond acceptors (Lipinski definition) is 3. The predicted molar refractivity (Wildman–Crippen MR) is 76.6 cm³/mol. The highest BCUT2D eigenvalue weighted by Crippen LogP contribution is 2.31. The van der Waals surface area contributed by atoms with Crippen LogP contribution in [0.1, 0.15) is 11.4 Å². The Balaban J connectivity index is 2.39. The van der Waals surface area contributed by atoms with Crippen molar-refractivity contribution in [1.29, 1.82) is 0 Å². The molecule has 2 heterocycles. The molecular weight excluding hydrogens is 236 g/mol. The minimum absolute atomic E-state index is 0.453. The van der Waals surface area contributed by atoms with Crippen LogP contribution in [0.4, 0.5) is 0 Å². The zero-order chi connectivity index (χ0) is 13.4. The van der Waals surface area contributed by atoms with Crippen LogP contribution < -0.4 is 5.73 Å². The van der Waals surface area contributed by atoms with Crippen LogP contribution in [0.15, 0.2) is 36.7 Å². The maximum Gasteiger partial charge on any atom is 0.0621 e. The van der Waals surface area contributed by atoms with E-state index in [0.717, 1.165) is 27.9 Å². The number of aryl methyl sites for hydroxylation is 2. The van der Waals surface area contributed by atoms with E-state index in [4.69, 9.17) is 5.73 Å². The van der Waals surface area contributed by atoms with Gasteiger partial charge in [-0.15, -0.1) is 0 Å². The molecule has 2 aromatic heterocycles. The third-order valence-electron chi connectivity index (χ3n) is 3.36. The van der Waals surface area contributed by atoms with E-state index in [1.165, 1.54) is 5.39 Å². The molecule has 0 amide bonds. The molecule has 0 saturated carbocycles. The fourth-order valence-electron chi connectivity index (χ4n) is 2.54. The Morgan fingerprint density at radius 1 is 1.21 bits per heavy atom. The van der Waals surface area contributed by atoms with Crippen molar-refractivity contribution in [3.8, 4) is 11.1 Å². The Hall–Kier alpha value is -2.20. The summed E-state index contributed by atoms with van der Waals surface area (Å²) in [6.07, 6.45) is 3.89. The number of pyridine rings is 1. The second kappa shape index (κ2) is 4.48. The van der Waals surface area contributed by atoms with Gasteiger partial charge < -0.3 is 5.73 Å². The van der Waals surface area contributed by atoms with E-state index in [1.807, 2.05) is 38.5 Å². The number of nitrogens with zero attached hydrogens (tertiary/aromatic N) is 3. The molecule has 3 rings (SSSR count). The van der Waals surface area contributed by atoms with Gasteiger partial charge in [-0.2, -0.15) is 5.10 Å². The molecule has 0 unspecified atom stereocenters. The zero-order valence-corrected chi connectivity index (χ0v) is 11.1. The van der Waals surface area contributed by atoms with Crippen molar-refractivity contribution < 1.29 is 0 Å². The summed E-state index contributed by atoms with van der Waals surface area (Å²) in [5, 5.41) is 6.55. The van der Waals surface area contributed by atoms with E-state index < -0.39 is 0 Å². The summed E-state index contributed by atoms with van der Waals surface area (Å²) in [6, 6.07) is 8.25. The Morgan fingerprint density at radius 2 is 1.95 bits per heavy atom. The number of benzene rings is 1. The standard InChI is InChI=1S/C15H16N4/c1-10-15(11-8-17-19(2)9-11)13-6-4-3-5-12(13)14(7-16)18-10/h3-6,8-9H,7,16H2,1-2H3. The monoisotopic (exact) mass is 252 g/mol. The molecule has 1 aromatic carbocycles. The Kier molecular flexibility index (Phi) is 2.80. The van der Waals surface area contributed by atoms with Gasteiger partial charge in [-0.25, -0.2) is 0 Å². The van der Waals surface area contributed by atoms with Gasteiger partial charge in [0.1, 0.15) is 0 Å². The van der Waals surface area contributed by atoms with Gasteiger partial charge in [0.15, 0.2) is 0 Å². The molecule has 0 aliphatic carbocycles. The van der Waals surface area contributed by atoms with Crippen LogP contribution in [-0.2, 0) is 13.6 Å². The normalized spacial score (nSPS) is 11.1. The number of aromatic nitrogens is 3. The molecule has 0 fully saturated rings. The van der Waals surface area contributed by atoms with Gasteiger partial charge in [-0.3, -0.25) is 9.67 Å².